The second-order valence-electron chi connectivity index (χ2n) is 3.06. The van der Waals surface area contributed by atoms with Gasteiger partial charge >= 0.3 is 0 Å². The fourth-order valence-corrected chi connectivity index (χ4v) is 1.65. The highest BCUT2D eigenvalue weighted by Gasteiger charge is 2.07. The van der Waals surface area contributed by atoms with Crippen LogP contribution in [0.4, 0.5) is 4.39 Å². The number of benzene rings is 1. The van der Waals surface area contributed by atoms with Gasteiger partial charge in [0, 0.05) is 16.8 Å². The Balaban J connectivity index is 2.31. The van der Waals surface area contributed by atoms with Gasteiger partial charge in [-0.3, -0.25) is 4.68 Å². The van der Waals surface area contributed by atoms with Crippen LogP contribution in [-0.2, 0) is 6.54 Å². The number of nitrogens with zero attached hydrogens (tertiary/aromatic N) is 2. The van der Waals surface area contributed by atoms with Crippen molar-refractivity contribution in [3.8, 4) is 0 Å². The van der Waals surface area contributed by atoms with Crippen molar-refractivity contribution in [3.63, 3.8) is 0 Å². The second kappa shape index (κ2) is 4.21. The molecule has 1 aromatic carbocycles. The zero-order valence-corrected chi connectivity index (χ0v) is 9.13. The van der Waals surface area contributed by atoms with Crippen molar-refractivity contribution in [1.29, 1.82) is 0 Å². The van der Waals surface area contributed by atoms with E-state index < -0.39 is 0 Å². The molecule has 0 amide bonds. The zero-order valence-electron chi connectivity index (χ0n) is 7.62. The summed E-state index contributed by atoms with van der Waals surface area (Å²) in [5, 5.41) is 4.86. The first-order valence-electron chi connectivity index (χ1n) is 4.27. The minimum absolute atomic E-state index is 0.276. The van der Waals surface area contributed by atoms with E-state index in [-0.39, 0.29) is 12.4 Å². The topological polar surface area (TPSA) is 17.8 Å². The molecule has 2 nitrogen and oxygen atoms in total. The van der Waals surface area contributed by atoms with Crippen molar-refractivity contribution in [1.82, 2.24) is 9.78 Å². The summed E-state index contributed by atoms with van der Waals surface area (Å²) in [4.78, 5) is 0. The van der Waals surface area contributed by atoms with E-state index in [1.165, 1.54) is 16.9 Å². The molecule has 0 fully saturated rings. The van der Waals surface area contributed by atoms with Crippen LogP contribution in [0, 0.1) is 5.82 Å². The minimum Gasteiger partial charge on any atom is -0.267 e. The van der Waals surface area contributed by atoms with E-state index in [4.69, 9.17) is 23.2 Å². The van der Waals surface area contributed by atoms with E-state index in [1.807, 2.05) is 0 Å². The van der Waals surface area contributed by atoms with Crippen LogP contribution in [0.5, 0.6) is 0 Å². The molecule has 0 saturated carbocycles. The SMILES string of the molecule is Fc1cccc(Cl)c1Cn1cc(Cl)cn1. The second-order valence-corrected chi connectivity index (χ2v) is 3.90. The smallest absolute Gasteiger partial charge is 0.129 e. The molecule has 0 N–H and O–H groups in total. The first-order valence-corrected chi connectivity index (χ1v) is 5.03. The van der Waals surface area contributed by atoms with E-state index in [0.29, 0.717) is 15.6 Å². The maximum Gasteiger partial charge on any atom is 0.129 e. The van der Waals surface area contributed by atoms with Gasteiger partial charge in [-0.2, -0.15) is 5.10 Å². The van der Waals surface area contributed by atoms with E-state index >= 15 is 0 Å². The molecule has 0 saturated heterocycles. The van der Waals surface area contributed by atoms with Crippen molar-refractivity contribution in [2.75, 3.05) is 0 Å². The van der Waals surface area contributed by atoms with Gasteiger partial charge in [0.05, 0.1) is 17.8 Å². The van der Waals surface area contributed by atoms with Gasteiger partial charge in [-0.15, -0.1) is 0 Å². The van der Waals surface area contributed by atoms with Crippen molar-refractivity contribution < 1.29 is 4.39 Å². The highest BCUT2D eigenvalue weighted by molar-refractivity contribution is 6.31. The Kier molecular flexibility index (Phi) is 2.93. The average Bonchev–Trinajstić information content (AvgIpc) is 2.58. The fraction of sp³-hybridized carbons (Fsp3) is 0.100. The van der Waals surface area contributed by atoms with E-state index in [1.54, 1.807) is 18.3 Å². The molecule has 0 radical (unpaired) electrons. The molecule has 0 aliphatic heterocycles. The molecule has 0 aliphatic rings. The van der Waals surface area contributed by atoms with Gasteiger partial charge in [0.15, 0.2) is 0 Å². The van der Waals surface area contributed by atoms with Gasteiger partial charge in [0.2, 0.25) is 0 Å². The van der Waals surface area contributed by atoms with E-state index in [0.717, 1.165) is 0 Å². The van der Waals surface area contributed by atoms with Gasteiger partial charge in [-0.05, 0) is 12.1 Å². The Bertz CT molecular complexity index is 462. The summed E-state index contributed by atoms with van der Waals surface area (Å²) in [7, 11) is 0. The summed E-state index contributed by atoms with van der Waals surface area (Å²) in [6.45, 7) is 0.276. The number of rotatable bonds is 2. The summed E-state index contributed by atoms with van der Waals surface area (Å²) in [6.07, 6.45) is 3.11. The molecule has 2 aromatic rings. The largest absolute Gasteiger partial charge is 0.267 e. The monoisotopic (exact) mass is 244 g/mol. The molecule has 1 aromatic heterocycles. The molecule has 0 bridgehead atoms. The molecule has 1 heterocycles. The van der Waals surface area contributed by atoms with Crippen LogP contribution in [0.15, 0.2) is 30.6 Å². The van der Waals surface area contributed by atoms with Crippen LogP contribution in [0.1, 0.15) is 5.56 Å². The predicted molar refractivity (Wildman–Crippen MR) is 57.7 cm³/mol. The summed E-state index contributed by atoms with van der Waals surface area (Å²) in [6, 6.07) is 4.58. The summed E-state index contributed by atoms with van der Waals surface area (Å²) in [5.74, 6) is -0.339. The molecule has 0 unspecified atom stereocenters. The van der Waals surface area contributed by atoms with Gasteiger partial charge in [-0.1, -0.05) is 29.3 Å². The molecule has 15 heavy (non-hydrogen) atoms. The summed E-state index contributed by atoms with van der Waals surface area (Å²) < 4.78 is 14.9. The first-order chi connectivity index (χ1) is 7.16. The lowest BCUT2D eigenvalue weighted by Gasteiger charge is -2.05. The number of halogens is 3. The Morgan fingerprint density at radius 1 is 1.33 bits per heavy atom. The lowest BCUT2D eigenvalue weighted by molar-refractivity contribution is 0.585. The van der Waals surface area contributed by atoms with Crippen molar-refractivity contribution in [3.05, 3.63) is 52.0 Å². The van der Waals surface area contributed by atoms with Crippen LogP contribution in [-0.4, -0.2) is 9.78 Å². The first kappa shape index (κ1) is 10.5. The maximum absolute atomic E-state index is 13.4. The average molecular weight is 245 g/mol. The molecule has 0 aliphatic carbocycles. The number of hydrogen-bond acceptors (Lipinski definition) is 1. The normalized spacial score (nSPS) is 10.6. The number of hydrogen-bond donors (Lipinski definition) is 0. The van der Waals surface area contributed by atoms with Crippen LogP contribution in [0.2, 0.25) is 10.0 Å². The van der Waals surface area contributed by atoms with Gasteiger partial charge in [0.1, 0.15) is 5.82 Å². The third-order valence-corrected chi connectivity index (χ3v) is 2.53. The lowest BCUT2D eigenvalue weighted by Crippen LogP contribution is -2.02. The van der Waals surface area contributed by atoms with Crippen molar-refractivity contribution in [2.24, 2.45) is 0 Å². The molecule has 2 rings (SSSR count). The van der Waals surface area contributed by atoms with E-state index in [9.17, 15) is 4.39 Å². The third kappa shape index (κ3) is 2.30. The van der Waals surface area contributed by atoms with Gasteiger partial charge < -0.3 is 0 Å². The zero-order chi connectivity index (χ0) is 10.8. The van der Waals surface area contributed by atoms with Crippen LogP contribution in [0.3, 0.4) is 0 Å². The Morgan fingerprint density at radius 3 is 2.73 bits per heavy atom. The summed E-state index contributed by atoms with van der Waals surface area (Å²) >= 11 is 11.6. The molecular formula is C10H7Cl2FN2. The number of aromatic nitrogens is 2. The Hall–Kier alpha value is -1.06. The fourth-order valence-electron chi connectivity index (χ4n) is 1.27. The standard InChI is InChI=1S/C10H7Cl2FN2/c11-7-4-14-15(5-7)6-8-9(12)2-1-3-10(8)13/h1-5H,6H2. The molecule has 0 atom stereocenters. The van der Waals surface area contributed by atoms with E-state index in [2.05, 4.69) is 5.10 Å². The van der Waals surface area contributed by atoms with Crippen molar-refractivity contribution >= 4 is 23.2 Å². The van der Waals surface area contributed by atoms with Crippen LogP contribution >= 0.6 is 23.2 Å². The van der Waals surface area contributed by atoms with Crippen LogP contribution < -0.4 is 0 Å². The summed E-state index contributed by atoms with van der Waals surface area (Å²) in [5.41, 5.74) is 0.416. The quantitative estimate of drug-likeness (QED) is 0.792. The maximum atomic E-state index is 13.4. The lowest BCUT2D eigenvalue weighted by atomic mass is 10.2. The highest BCUT2D eigenvalue weighted by atomic mass is 35.5. The Labute approximate surface area is 96.2 Å². The predicted octanol–water partition coefficient (Wildman–Crippen LogP) is 3.38. The van der Waals surface area contributed by atoms with Crippen LogP contribution in [0.25, 0.3) is 0 Å². The molecular weight excluding hydrogens is 238 g/mol. The molecule has 78 valence electrons. The van der Waals surface area contributed by atoms with Gasteiger partial charge in [-0.25, -0.2) is 4.39 Å². The Morgan fingerprint density at radius 2 is 2.13 bits per heavy atom. The van der Waals surface area contributed by atoms with Gasteiger partial charge in [0.25, 0.3) is 0 Å². The minimum atomic E-state index is -0.339. The van der Waals surface area contributed by atoms with Crippen molar-refractivity contribution in [2.45, 2.75) is 6.54 Å². The molecule has 0 spiro atoms. The molecule has 5 heteroatoms. The third-order valence-electron chi connectivity index (χ3n) is 1.98. The highest BCUT2D eigenvalue weighted by Crippen LogP contribution is 2.20.